The van der Waals surface area contributed by atoms with Gasteiger partial charge < -0.3 is 10.1 Å². The molecule has 142 valence electrons. The molecule has 0 spiro atoms. The lowest BCUT2D eigenvalue weighted by molar-refractivity contribution is -0.144. The number of rotatable bonds is 6. The molecule has 0 aromatic heterocycles. The van der Waals surface area contributed by atoms with E-state index in [0.717, 1.165) is 24.8 Å². The number of halogens is 3. The third kappa shape index (κ3) is 3.62. The average molecular weight is 428 g/mol. The van der Waals surface area contributed by atoms with E-state index in [4.69, 9.17) is 0 Å². The first-order valence-corrected chi connectivity index (χ1v) is 10.2. The fraction of sp³-hybridized carbons (Fsp3) is 0.650. The van der Waals surface area contributed by atoms with Crippen LogP contribution in [0.2, 0.25) is 0 Å². The minimum atomic E-state index is -2.81. The van der Waals surface area contributed by atoms with Crippen LogP contribution in [-0.4, -0.2) is 23.4 Å². The van der Waals surface area contributed by atoms with Crippen molar-refractivity contribution in [3.8, 4) is 5.75 Å². The second-order valence-electron chi connectivity index (χ2n) is 8.42. The molecule has 4 aliphatic carbocycles. The lowest BCUT2D eigenvalue weighted by Crippen LogP contribution is -2.58. The van der Waals surface area contributed by atoms with Gasteiger partial charge in [0.05, 0.1) is 5.41 Å². The Morgan fingerprint density at radius 1 is 1.19 bits per heavy atom. The van der Waals surface area contributed by atoms with E-state index >= 15 is 0 Å². The van der Waals surface area contributed by atoms with Crippen LogP contribution < -0.4 is 10.1 Å². The van der Waals surface area contributed by atoms with E-state index in [-0.39, 0.29) is 21.4 Å². The maximum Gasteiger partial charge on any atom is 0.387 e. The molecule has 0 radical (unpaired) electrons. The first-order chi connectivity index (χ1) is 12.4. The maximum atomic E-state index is 13.0. The predicted octanol–water partition coefficient (Wildman–Crippen LogP) is 4.68. The molecule has 2 atom stereocenters. The van der Waals surface area contributed by atoms with Gasteiger partial charge in [-0.05, 0) is 74.5 Å². The van der Waals surface area contributed by atoms with E-state index in [1.807, 2.05) is 0 Å². The molecular formula is C20H24BrF2NO2. The minimum Gasteiger partial charge on any atom is -0.435 e. The van der Waals surface area contributed by atoms with E-state index in [1.165, 1.54) is 31.4 Å². The van der Waals surface area contributed by atoms with Crippen molar-refractivity contribution in [2.75, 3.05) is 6.54 Å². The molecule has 4 aliphatic rings. The summed E-state index contributed by atoms with van der Waals surface area (Å²) in [4.78, 5) is 13.0. The summed E-state index contributed by atoms with van der Waals surface area (Å²) in [6, 6.07) is 6.61. The van der Waals surface area contributed by atoms with Gasteiger partial charge in [-0.2, -0.15) is 8.78 Å². The monoisotopic (exact) mass is 427 g/mol. The van der Waals surface area contributed by atoms with Crippen molar-refractivity contribution in [2.24, 2.45) is 17.3 Å². The molecule has 3 nitrogen and oxygen atoms in total. The molecule has 1 aromatic rings. The highest BCUT2D eigenvalue weighted by atomic mass is 79.9. The first-order valence-electron chi connectivity index (χ1n) is 9.37. The van der Waals surface area contributed by atoms with Crippen molar-refractivity contribution >= 4 is 21.8 Å². The third-order valence-corrected chi connectivity index (χ3v) is 7.25. The van der Waals surface area contributed by atoms with Gasteiger partial charge in [-0.3, -0.25) is 4.79 Å². The Balaban J connectivity index is 1.32. The highest BCUT2D eigenvalue weighted by Crippen LogP contribution is 2.64. The van der Waals surface area contributed by atoms with Crippen molar-refractivity contribution < 1.29 is 18.3 Å². The molecule has 4 bridgehead atoms. The van der Waals surface area contributed by atoms with Crippen molar-refractivity contribution in [3.05, 3.63) is 29.8 Å². The van der Waals surface area contributed by atoms with E-state index in [1.54, 1.807) is 12.1 Å². The van der Waals surface area contributed by atoms with Gasteiger partial charge in [-0.25, -0.2) is 0 Å². The molecule has 4 fully saturated rings. The van der Waals surface area contributed by atoms with Crippen molar-refractivity contribution in [3.63, 3.8) is 0 Å². The number of carbonyl (C=O) groups is 1. The number of amides is 1. The SMILES string of the molecule is O=C(NCCc1ccc(OC(F)F)cc1)C12CC3CC(CC(Br)(C3)C1)C2. The van der Waals surface area contributed by atoms with Gasteiger partial charge in [0.25, 0.3) is 0 Å². The summed E-state index contributed by atoms with van der Waals surface area (Å²) < 4.78 is 28.9. The summed E-state index contributed by atoms with van der Waals surface area (Å²) in [7, 11) is 0. The number of hydrogen-bond donors (Lipinski definition) is 1. The molecule has 1 N–H and O–H groups in total. The van der Waals surface area contributed by atoms with Crippen LogP contribution in [0.4, 0.5) is 8.78 Å². The van der Waals surface area contributed by atoms with Gasteiger partial charge in [-0.15, -0.1) is 0 Å². The lowest BCUT2D eigenvalue weighted by Gasteiger charge is -2.59. The Morgan fingerprint density at radius 3 is 2.42 bits per heavy atom. The number of alkyl halides is 3. The van der Waals surface area contributed by atoms with E-state index in [2.05, 4.69) is 26.0 Å². The molecule has 1 aromatic carbocycles. The molecule has 6 heteroatoms. The summed E-state index contributed by atoms with van der Waals surface area (Å²) in [5, 5.41) is 3.14. The van der Waals surface area contributed by atoms with Gasteiger partial charge in [0.15, 0.2) is 0 Å². The van der Waals surface area contributed by atoms with Crippen LogP contribution in [-0.2, 0) is 11.2 Å². The molecule has 26 heavy (non-hydrogen) atoms. The minimum absolute atomic E-state index is 0.156. The van der Waals surface area contributed by atoms with Gasteiger partial charge in [0, 0.05) is 10.9 Å². The standard InChI is InChI=1S/C20H24BrF2NO2/c21-20-10-14-7-15(11-20)9-19(8-14,12-20)17(25)24-6-5-13-1-3-16(4-2-13)26-18(22)23/h1-4,14-15,18H,5-12H2,(H,24,25). The number of carbonyl (C=O) groups excluding carboxylic acids is 1. The van der Waals surface area contributed by atoms with E-state index in [0.29, 0.717) is 24.8 Å². The fourth-order valence-corrected chi connectivity index (χ4v) is 7.21. The highest BCUT2D eigenvalue weighted by Gasteiger charge is 2.59. The highest BCUT2D eigenvalue weighted by molar-refractivity contribution is 9.10. The van der Waals surface area contributed by atoms with Gasteiger partial charge >= 0.3 is 6.61 Å². The number of benzene rings is 1. The van der Waals surface area contributed by atoms with Crippen LogP contribution >= 0.6 is 15.9 Å². The Bertz CT molecular complexity index is 665. The molecule has 1 amide bonds. The molecule has 5 rings (SSSR count). The third-order valence-electron chi connectivity index (χ3n) is 6.32. The van der Waals surface area contributed by atoms with Crippen molar-refractivity contribution in [2.45, 2.75) is 55.9 Å². The summed E-state index contributed by atoms with van der Waals surface area (Å²) in [6.07, 6.45) is 7.42. The molecule has 0 heterocycles. The second kappa shape index (κ2) is 6.77. The molecule has 2 unspecified atom stereocenters. The van der Waals surface area contributed by atoms with Crippen molar-refractivity contribution in [1.82, 2.24) is 5.32 Å². The number of hydrogen-bond acceptors (Lipinski definition) is 2. The molecule has 4 saturated carbocycles. The summed E-state index contributed by atoms with van der Waals surface area (Å²) in [6.45, 7) is -2.24. The van der Waals surface area contributed by atoms with Gasteiger partial charge in [0.1, 0.15) is 5.75 Å². The second-order valence-corrected chi connectivity index (χ2v) is 10.1. The van der Waals surface area contributed by atoms with Crippen molar-refractivity contribution in [1.29, 1.82) is 0 Å². The van der Waals surface area contributed by atoms with E-state index in [9.17, 15) is 13.6 Å². The van der Waals surface area contributed by atoms with E-state index < -0.39 is 6.61 Å². The number of ether oxygens (including phenoxy) is 1. The Morgan fingerprint density at radius 2 is 1.85 bits per heavy atom. The zero-order valence-electron chi connectivity index (χ0n) is 14.6. The van der Waals surface area contributed by atoms with Crippen LogP contribution in [0.3, 0.4) is 0 Å². The normalized spacial score (nSPS) is 34.9. The van der Waals surface area contributed by atoms with Crippen LogP contribution in [0.5, 0.6) is 5.75 Å². The number of nitrogens with one attached hydrogen (secondary N) is 1. The summed E-state index contributed by atoms with van der Waals surface area (Å²) in [5.74, 6) is 1.73. The smallest absolute Gasteiger partial charge is 0.387 e. The maximum absolute atomic E-state index is 13.0. The summed E-state index contributed by atoms with van der Waals surface area (Å²) >= 11 is 3.94. The lowest BCUT2D eigenvalue weighted by atomic mass is 9.49. The Hall–Kier alpha value is -1.17. The zero-order valence-corrected chi connectivity index (χ0v) is 16.2. The van der Waals surface area contributed by atoms with Gasteiger partial charge in [0.2, 0.25) is 5.91 Å². The Labute approximate surface area is 161 Å². The van der Waals surface area contributed by atoms with Crippen LogP contribution in [0.1, 0.15) is 44.1 Å². The first kappa shape index (κ1) is 18.2. The topological polar surface area (TPSA) is 38.3 Å². The largest absolute Gasteiger partial charge is 0.435 e. The predicted molar refractivity (Wildman–Crippen MR) is 98.6 cm³/mol. The average Bonchev–Trinajstić information content (AvgIpc) is 2.53. The van der Waals surface area contributed by atoms with Crippen LogP contribution in [0.25, 0.3) is 0 Å². The molecule has 0 aliphatic heterocycles. The van der Waals surface area contributed by atoms with Crippen LogP contribution in [0.15, 0.2) is 24.3 Å². The molecule has 0 saturated heterocycles. The summed E-state index contributed by atoms with van der Waals surface area (Å²) in [5.41, 5.74) is 0.803. The Kier molecular flexibility index (Phi) is 4.74. The zero-order chi connectivity index (χ0) is 18.4. The quantitative estimate of drug-likeness (QED) is 0.669. The van der Waals surface area contributed by atoms with Crippen LogP contribution in [0, 0.1) is 17.3 Å². The van der Waals surface area contributed by atoms with Gasteiger partial charge in [-0.1, -0.05) is 28.1 Å². The molecular weight excluding hydrogens is 404 g/mol. The fourth-order valence-electron chi connectivity index (χ4n) is 5.76.